The summed E-state index contributed by atoms with van der Waals surface area (Å²) in [5, 5.41) is 4.02. The van der Waals surface area contributed by atoms with Gasteiger partial charge in [0.15, 0.2) is 5.82 Å². The minimum Gasteiger partial charge on any atom is -0.381 e. The van der Waals surface area contributed by atoms with Crippen molar-refractivity contribution in [2.75, 3.05) is 26.3 Å². The monoisotopic (exact) mass is 421 g/mol. The highest BCUT2D eigenvalue weighted by atomic mass is 32.2. The van der Waals surface area contributed by atoms with Crippen molar-refractivity contribution in [3.05, 3.63) is 47.6 Å². The fourth-order valence-corrected chi connectivity index (χ4v) is 5.40. The third-order valence-electron chi connectivity index (χ3n) is 5.43. The van der Waals surface area contributed by atoms with Crippen LogP contribution in [-0.2, 0) is 31.9 Å². The number of hydrogen-bond acceptors (Lipinski definition) is 7. The number of piperidine rings is 1. The van der Waals surface area contributed by atoms with Gasteiger partial charge in [-0.15, -0.1) is 0 Å². The SMILES string of the molecule is O=S(=O)(Cc1ccccc1)N1CCCC(OCc2noc(C3CCOCC3)n2)C1. The summed E-state index contributed by atoms with van der Waals surface area (Å²) in [6.45, 7) is 2.55. The van der Waals surface area contributed by atoms with E-state index < -0.39 is 10.0 Å². The lowest BCUT2D eigenvalue weighted by molar-refractivity contribution is 0.00435. The van der Waals surface area contributed by atoms with Gasteiger partial charge in [-0.05, 0) is 31.2 Å². The van der Waals surface area contributed by atoms with Gasteiger partial charge in [-0.3, -0.25) is 0 Å². The summed E-state index contributed by atoms with van der Waals surface area (Å²) >= 11 is 0. The van der Waals surface area contributed by atoms with Crippen LogP contribution >= 0.6 is 0 Å². The molecular weight excluding hydrogens is 394 g/mol. The van der Waals surface area contributed by atoms with E-state index in [-0.39, 0.29) is 24.4 Å². The predicted molar refractivity (Wildman–Crippen MR) is 106 cm³/mol. The molecule has 1 aromatic heterocycles. The van der Waals surface area contributed by atoms with Crippen molar-refractivity contribution in [3.63, 3.8) is 0 Å². The molecule has 158 valence electrons. The van der Waals surface area contributed by atoms with E-state index in [1.54, 1.807) is 0 Å². The largest absolute Gasteiger partial charge is 0.381 e. The molecular formula is C20H27N3O5S. The van der Waals surface area contributed by atoms with E-state index in [2.05, 4.69) is 10.1 Å². The van der Waals surface area contributed by atoms with Crippen LogP contribution in [0, 0.1) is 0 Å². The zero-order valence-electron chi connectivity index (χ0n) is 16.4. The average Bonchev–Trinajstić information content (AvgIpc) is 3.23. The van der Waals surface area contributed by atoms with Crippen molar-refractivity contribution in [2.45, 2.75) is 50.1 Å². The normalized spacial score (nSPS) is 22.0. The molecule has 29 heavy (non-hydrogen) atoms. The maximum Gasteiger partial charge on any atom is 0.230 e. The van der Waals surface area contributed by atoms with E-state index >= 15 is 0 Å². The Morgan fingerprint density at radius 1 is 1.14 bits per heavy atom. The van der Waals surface area contributed by atoms with Gasteiger partial charge in [-0.25, -0.2) is 8.42 Å². The first-order chi connectivity index (χ1) is 14.1. The summed E-state index contributed by atoms with van der Waals surface area (Å²) in [5.41, 5.74) is 0.794. The molecule has 1 unspecified atom stereocenters. The third-order valence-corrected chi connectivity index (χ3v) is 7.25. The second-order valence-corrected chi connectivity index (χ2v) is 9.58. The molecule has 2 fully saturated rings. The van der Waals surface area contributed by atoms with Crippen LogP contribution in [-0.4, -0.2) is 55.3 Å². The minimum absolute atomic E-state index is 0.0138. The molecule has 2 aliphatic rings. The van der Waals surface area contributed by atoms with E-state index in [4.69, 9.17) is 14.0 Å². The Bertz CT molecular complexity index is 881. The highest BCUT2D eigenvalue weighted by Crippen LogP contribution is 2.25. The highest BCUT2D eigenvalue weighted by molar-refractivity contribution is 7.88. The number of benzene rings is 1. The average molecular weight is 422 g/mol. The van der Waals surface area contributed by atoms with Crippen molar-refractivity contribution in [1.29, 1.82) is 0 Å². The maximum absolute atomic E-state index is 12.8. The van der Waals surface area contributed by atoms with Crippen molar-refractivity contribution in [1.82, 2.24) is 14.4 Å². The lowest BCUT2D eigenvalue weighted by atomic mass is 10.0. The summed E-state index contributed by atoms with van der Waals surface area (Å²) in [7, 11) is -3.37. The topological polar surface area (TPSA) is 94.8 Å². The molecule has 4 rings (SSSR count). The molecule has 0 radical (unpaired) electrons. The van der Waals surface area contributed by atoms with Gasteiger partial charge in [-0.1, -0.05) is 35.5 Å². The van der Waals surface area contributed by atoms with Crippen LogP contribution in [0.5, 0.6) is 0 Å². The van der Waals surface area contributed by atoms with Crippen LogP contribution < -0.4 is 0 Å². The highest BCUT2D eigenvalue weighted by Gasteiger charge is 2.30. The molecule has 1 aromatic carbocycles. The molecule has 1 atom stereocenters. The maximum atomic E-state index is 12.8. The van der Waals surface area contributed by atoms with Crippen molar-refractivity contribution in [2.24, 2.45) is 0 Å². The standard InChI is InChI=1S/C20H27N3O5S/c24-29(25,15-16-5-2-1-3-6-16)23-10-4-7-18(13-23)27-14-19-21-20(28-22-19)17-8-11-26-12-9-17/h1-3,5-6,17-18H,4,7-15H2. The molecule has 0 amide bonds. The molecule has 3 heterocycles. The lowest BCUT2D eigenvalue weighted by Crippen LogP contribution is -2.43. The second kappa shape index (κ2) is 9.34. The molecule has 2 aromatic rings. The predicted octanol–water partition coefficient (Wildman–Crippen LogP) is 2.47. The Labute approximate surface area is 171 Å². The van der Waals surface area contributed by atoms with Gasteiger partial charge in [0, 0.05) is 32.2 Å². The van der Waals surface area contributed by atoms with Gasteiger partial charge in [0.2, 0.25) is 15.9 Å². The molecule has 8 nitrogen and oxygen atoms in total. The summed E-state index contributed by atoms with van der Waals surface area (Å²) < 4.78 is 43.8. The number of nitrogens with zero attached hydrogens (tertiary/aromatic N) is 3. The van der Waals surface area contributed by atoms with Crippen LogP contribution in [0.25, 0.3) is 0 Å². The van der Waals surface area contributed by atoms with Crippen LogP contribution in [0.1, 0.15) is 48.9 Å². The number of hydrogen-bond donors (Lipinski definition) is 0. The molecule has 0 aliphatic carbocycles. The van der Waals surface area contributed by atoms with Crippen molar-refractivity contribution < 1.29 is 22.4 Å². The number of ether oxygens (including phenoxy) is 2. The summed E-state index contributed by atoms with van der Waals surface area (Å²) in [5.74, 6) is 1.41. The van der Waals surface area contributed by atoms with E-state index in [0.29, 0.717) is 38.0 Å². The Morgan fingerprint density at radius 2 is 1.93 bits per heavy atom. The molecule has 9 heteroatoms. The first-order valence-corrected chi connectivity index (χ1v) is 11.7. The van der Waals surface area contributed by atoms with Gasteiger partial charge in [0.25, 0.3) is 0 Å². The molecule has 0 saturated carbocycles. The first-order valence-electron chi connectivity index (χ1n) is 10.1. The summed E-state index contributed by atoms with van der Waals surface area (Å²) in [4.78, 5) is 4.45. The molecule has 2 aliphatic heterocycles. The quantitative estimate of drug-likeness (QED) is 0.678. The van der Waals surface area contributed by atoms with Crippen LogP contribution in [0.2, 0.25) is 0 Å². The summed E-state index contributed by atoms with van der Waals surface area (Å²) in [6.07, 6.45) is 3.21. The fourth-order valence-electron chi connectivity index (χ4n) is 3.80. The van der Waals surface area contributed by atoms with E-state index in [1.807, 2.05) is 30.3 Å². The van der Waals surface area contributed by atoms with Gasteiger partial charge in [-0.2, -0.15) is 9.29 Å². The van der Waals surface area contributed by atoms with Gasteiger partial charge in [0.1, 0.15) is 6.61 Å². The molecule has 0 spiro atoms. The molecule has 0 bridgehead atoms. The number of sulfonamides is 1. The smallest absolute Gasteiger partial charge is 0.230 e. The van der Waals surface area contributed by atoms with Crippen LogP contribution in [0.4, 0.5) is 0 Å². The van der Waals surface area contributed by atoms with E-state index in [1.165, 1.54) is 4.31 Å². The summed E-state index contributed by atoms with van der Waals surface area (Å²) in [6, 6.07) is 9.26. The molecule has 0 N–H and O–H groups in total. The third kappa shape index (κ3) is 5.42. The minimum atomic E-state index is -3.37. The van der Waals surface area contributed by atoms with E-state index in [9.17, 15) is 8.42 Å². The lowest BCUT2D eigenvalue weighted by Gasteiger charge is -2.31. The van der Waals surface area contributed by atoms with E-state index in [0.717, 1.165) is 31.2 Å². The van der Waals surface area contributed by atoms with Crippen molar-refractivity contribution >= 4 is 10.0 Å². The van der Waals surface area contributed by atoms with Crippen molar-refractivity contribution in [3.8, 4) is 0 Å². The zero-order chi connectivity index (χ0) is 20.1. The Morgan fingerprint density at radius 3 is 2.72 bits per heavy atom. The zero-order valence-corrected chi connectivity index (χ0v) is 17.2. The second-order valence-electron chi connectivity index (χ2n) is 7.61. The number of aromatic nitrogens is 2. The van der Waals surface area contributed by atoms with Crippen LogP contribution in [0.15, 0.2) is 34.9 Å². The Balaban J connectivity index is 1.30. The van der Waals surface area contributed by atoms with Crippen LogP contribution in [0.3, 0.4) is 0 Å². The van der Waals surface area contributed by atoms with Gasteiger partial charge in [0.05, 0.1) is 11.9 Å². The van der Waals surface area contributed by atoms with Gasteiger partial charge >= 0.3 is 0 Å². The molecule has 2 saturated heterocycles. The van der Waals surface area contributed by atoms with Gasteiger partial charge < -0.3 is 14.0 Å². The number of rotatable bonds is 7. The first kappa shape index (κ1) is 20.5. The Kier molecular flexibility index (Phi) is 6.59. The Hall–Kier alpha value is -1.81. The fraction of sp³-hybridized carbons (Fsp3) is 0.600.